The maximum atomic E-state index is 12.9. The Bertz CT molecular complexity index is 1420. The van der Waals surface area contributed by atoms with Gasteiger partial charge in [-0.2, -0.15) is 0 Å². The minimum atomic E-state index is -0.543. The van der Waals surface area contributed by atoms with Crippen molar-refractivity contribution in [2.24, 2.45) is 11.8 Å². The van der Waals surface area contributed by atoms with E-state index in [-0.39, 0.29) is 17.9 Å². The monoisotopic (exact) mass is 580 g/mol. The van der Waals surface area contributed by atoms with Gasteiger partial charge in [0.05, 0.1) is 39.1 Å². The van der Waals surface area contributed by atoms with Gasteiger partial charge in [0.2, 0.25) is 11.8 Å². The van der Waals surface area contributed by atoms with E-state index in [4.69, 9.17) is 14.5 Å². The van der Waals surface area contributed by atoms with Crippen LogP contribution >= 0.6 is 11.3 Å². The first kappa shape index (κ1) is 28.9. The van der Waals surface area contributed by atoms with Crippen molar-refractivity contribution in [3.63, 3.8) is 0 Å². The Morgan fingerprint density at radius 1 is 1.17 bits per heavy atom. The molecule has 220 valence electrons. The molecule has 0 aliphatic carbocycles. The van der Waals surface area contributed by atoms with Crippen LogP contribution in [0.3, 0.4) is 0 Å². The van der Waals surface area contributed by atoms with E-state index in [1.165, 1.54) is 4.90 Å². The molecule has 2 aliphatic rings. The van der Waals surface area contributed by atoms with E-state index in [0.29, 0.717) is 24.9 Å². The van der Waals surface area contributed by atoms with Crippen molar-refractivity contribution in [1.82, 2.24) is 19.8 Å². The average Bonchev–Trinajstić information content (AvgIpc) is 3.55. The number of hydrogen-bond donors (Lipinski definition) is 0. The normalized spacial score (nSPS) is 19.0. The summed E-state index contributed by atoms with van der Waals surface area (Å²) in [5.41, 5.74) is 3.24. The number of carbonyl (C=O) groups is 2. The van der Waals surface area contributed by atoms with Crippen molar-refractivity contribution in [3.05, 3.63) is 30.5 Å². The van der Waals surface area contributed by atoms with Crippen LogP contribution in [0.2, 0.25) is 0 Å². The number of piperidine rings is 1. The highest BCUT2D eigenvalue weighted by Gasteiger charge is 2.42. The fraction of sp³-hybridized carbons (Fsp3) is 0.533. The van der Waals surface area contributed by atoms with Crippen molar-refractivity contribution in [2.75, 3.05) is 70.8 Å². The lowest BCUT2D eigenvalue weighted by molar-refractivity contribution is -0.137. The molecule has 0 radical (unpaired) electrons. The highest BCUT2D eigenvalue weighted by atomic mass is 32.1. The Morgan fingerprint density at radius 3 is 2.63 bits per heavy atom. The summed E-state index contributed by atoms with van der Waals surface area (Å²) in [4.78, 5) is 42.4. The number of ether oxygens (including phenoxy) is 2. The number of likely N-dealkylation sites (N-methyl/N-ethyl adjacent to an activating group) is 1. The zero-order valence-electron chi connectivity index (χ0n) is 25.0. The average molecular weight is 581 g/mol. The van der Waals surface area contributed by atoms with E-state index in [2.05, 4.69) is 26.9 Å². The van der Waals surface area contributed by atoms with Crippen LogP contribution in [-0.2, 0) is 9.53 Å². The molecule has 0 aromatic carbocycles. The number of likely N-dealkylation sites (tertiary alicyclic amines) is 1. The van der Waals surface area contributed by atoms with Crippen molar-refractivity contribution in [2.45, 2.75) is 32.8 Å². The van der Waals surface area contributed by atoms with Gasteiger partial charge in [0.25, 0.3) is 0 Å². The van der Waals surface area contributed by atoms with Gasteiger partial charge in [-0.3, -0.25) is 4.79 Å². The lowest BCUT2D eigenvalue weighted by atomic mass is 9.88. The molecule has 11 heteroatoms. The molecule has 41 heavy (non-hydrogen) atoms. The molecule has 2 unspecified atom stereocenters. The van der Waals surface area contributed by atoms with Gasteiger partial charge >= 0.3 is 6.09 Å². The molecular weight excluding hydrogens is 540 g/mol. The second-order valence-corrected chi connectivity index (χ2v) is 13.2. The number of nitrogens with zero attached hydrogens (tertiary/aromatic N) is 6. The fourth-order valence-electron chi connectivity index (χ4n) is 5.32. The molecule has 2 atom stereocenters. The smallest absolute Gasteiger partial charge is 0.410 e. The first-order valence-electron chi connectivity index (χ1n) is 14.0. The number of thiophene rings is 1. The zero-order valence-corrected chi connectivity index (χ0v) is 25.8. The molecule has 0 N–H and O–H groups in total. The lowest BCUT2D eigenvalue weighted by Gasteiger charge is -2.30. The van der Waals surface area contributed by atoms with Gasteiger partial charge in [0, 0.05) is 65.7 Å². The minimum absolute atomic E-state index is 0.0427. The van der Waals surface area contributed by atoms with E-state index in [9.17, 15) is 9.59 Å². The molecule has 5 rings (SSSR count). The summed E-state index contributed by atoms with van der Waals surface area (Å²) in [7, 11) is 7.67. The molecular formula is C30H40N6O4S. The number of hydrogen-bond acceptors (Lipinski definition) is 9. The first-order valence-corrected chi connectivity index (χ1v) is 14.9. The Kier molecular flexibility index (Phi) is 8.00. The van der Waals surface area contributed by atoms with E-state index < -0.39 is 5.60 Å². The lowest BCUT2D eigenvalue weighted by Crippen LogP contribution is -2.42. The molecule has 3 aromatic heterocycles. The van der Waals surface area contributed by atoms with Gasteiger partial charge in [-0.15, -0.1) is 11.3 Å². The predicted molar refractivity (Wildman–Crippen MR) is 163 cm³/mol. The molecule has 2 amide bonds. The summed E-state index contributed by atoms with van der Waals surface area (Å²) in [6.45, 7) is 8.62. The molecule has 2 aliphatic heterocycles. The van der Waals surface area contributed by atoms with Gasteiger partial charge in [-0.25, -0.2) is 14.8 Å². The third-order valence-corrected chi connectivity index (χ3v) is 8.93. The minimum Gasteiger partial charge on any atom is -0.476 e. The van der Waals surface area contributed by atoms with Crippen molar-refractivity contribution in [3.8, 4) is 17.1 Å². The van der Waals surface area contributed by atoms with E-state index in [1.807, 2.05) is 58.9 Å². The maximum absolute atomic E-state index is 12.9. The standard InChI is InChI=1S/C30H40N6O4S/c1-30(2,3)40-29(38)35(7)12-13-39-25-9-8-19(16-31-25)22-14-24(27-23(32-22)15-26(41-27)33(4)5)36-17-20-10-11-34(6)28(37)21(20)18-36/h8-9,14-16,20-21H,10-13,17-18H2,1-7H3. The molecule has 0 bridgehead atoms. The quantitative estimate of drug-likeness (QED) is 0.401. The van der Waals surface area contributed by atoms with Crippen molar-refractivity contribution in [1.29, 1.82) is 0 Å². The Morgan fingerprint density at radius 2 is 1.95 bits per heavy atom. The predicted octanol–water partition coefficient (Wildman–Crippen LogP) is 4.58. The number of pyridine rings is 2. The molecule has 10 nitrogen and oxygen atoms in total. The first-order chi connectivity index (χ1) is 19.4. The number of anilines is 2. The van der Waals surface area contributed by atoms with E-state index >= 15 is 0 Å². The molecule has 2 fully saturated rings. The topological polar surface area (TPSA) is 91.3 Å². The number of rotatable bonds is 7. The van der Waals surface area contributed by atoms with Crippen molar-refractivity contribution >= 4 is 44.2 Å². The van der Waals surface area contributed by atoms with Crippen LogP contribution in [0.4, 0.5) is 15.5 Å². The summed E-state index contributed by atoms with van der Waals surface area (Å²) in [5, 5.41) is 1.14. The third-order valence-electron chi connectivity index (χ3n) is 7.61. The second-order valence-electron chi connectivity index (χ2n) is 12.2. The number of fused-ring (bicyclic) bond motifs is 2. The fourth-order valence-corrected chi connectivity index (χ4v) is 6.39. The molecule has 0 spiro atoms. The van der Waals surface area contributed by atoms with Gasteiger partial charge in [0.1, 0.15) is 12.2 Å². The van der Waals surface area contributed by atoms with Crippen LogP contribution in [-0.4, -0.2) is 98.3 Å². The zero-order chi connectivity index (χ0) is 29.5. The Balaban J connectivity index is 1.34. The Labute approximate surface area is 245 Å². The van der Waals surface area contributed by atoms with Crippen molar-refractivity contribution < 1.29 is 19.1 Å². The molecule has 3 aromatic rings. The van der Waals surface area contributed by atoms with Gasteiger partial charge < -0.3 is 29.1 Å². The van der Waals surface area contributed by atoms with Crippen LogP contribution in [0.1, 0.15) is 27.2 Å². The summed E-state index contributed by atoms with van der Waals surface area (Å²) >= 11 is 1.73. The van der Waals surface area contributed by atoms with E-state index in [1.54, 1.807) is 24.6 Å². The highest BCUT2D eigenvalue weighted by molar-refractivity contribution is 7.23. The molecule has 0 saturated carbocycles. The molecule has 5 heterocycles. The van der Waals surface area contributed by atoms with Gasteiger partial charge in [0.15, 0.2) is 0 Å². The summed E-state index contributed by atoms with van der Waals surface area (Å²) in [5.74, 6) is 1.16. The van der Waals surface area contributed by atoms with Crippen LogP contribution in [0, 0.1) is 11.8 Å². The maximum Gasteiger partial charge on any atom is 0.410 e. The van der Waals surface area contributed by atoms with E-state index in [0.717, 1.165) is 58.2 Å². The van der Waals surface area contributed by atoms with Crippen LogP contribution in [0.15, 0.2) is 30.5 Å². The largest absolute Gasteiger partial charge is 0.476 e. The van der Waals surface area contributed by atoms with Crippen LogP contribution in [0.5, 0.6) is 5.88 Å². The summed E-state index contributed by atoms with van der Waals surface area (Å²) in [6, 6.07) is 8.05. The van der Waals surface area contributed by atoms with Gasteiger partial charge in [-0.1, -0.05) is 0 Å². The molecule has 2 saturated heterocycles. The van der Waals surface area contributed by atoms with Gasteiger partial charge in [-0.05, 0) is 51.3 Å². The third kappa shape index (κ3) is 6.34. The Hall–Kier alpha value is -3.60. The summed E-state index contributed by atoms with van der Waals surface area (Å²) < 4.78 is 12.3. The summed E-state index contributed by atoms with van der Waals surface area (Å²) in [6.07, 6.45) is 2.42. The number of carbonyl (C=O) groups excluding carboxylic acids is 2. The van der Waals surface area contributed by atoms with Crippen LogP contribution in [0.25, 0.3) is 21.5 Å². The SMILES string of the molecule is CN(CCOc1ccc(-c2cc(N3CC4CCN(C)C(=O)C4C3)c3sc(N(C)C)cc3n2)cn1)C(=O)OC(C)(C)C. The highest BCUT2D eigenvalue weighted by Crippen LogP contribution is 2.43. The van der Waals surface area contributed by atoms with Crippen LogP contribution < -0.4 is 14.5 Å². The number of aromatic nitrogens is 2. The second kappa shape index (κ2) is 11.3. The number of amides is 2.